The van der Waals surface area contributed by atoms with Gasteiger partial charge >= 0.3 is 5.97 Å². The van der Waals surface area contributed by atoms with Gasteiger partial charge in [0.1, 0.15) is 6.61 Å². The van der Waals surface area contributed by atoms with Crippen LogP contribution in [0.2, 0.25) is 0 Å². The minimum atomic E-state index is -0.648. The molecule has 0 radical (unpaired) electrons. The molecule has 1 N–H and O–H groups in total. The first-order chi connectivity index (χ1) is 9.70. The van der Waals surface area contributed by atoms with Crippen LogP contribution in [0, 0.1) is 0 Å². The molecule has 1 aliphatic rings. The molecule has 1 fully saturated rings. The van der Waals surface area contributed by atoms with Crippen LogP contribution in [-0.4, -0.2) is 44.9 Å². The number of furan rings is 1. The van der Waals surface area contributed by atoms with Gasteiger partial charge in [0.25, 0.3) is 0 Å². The van der Waals surface area contributed by atoms with Crippen LogP contribution in [0.3, 0.4) is 0 Å². The third kappa shape index (κ3) is 3.82. The molecular weight excluding hydrogens is 266 g/mol. The second kappa shape index (κ2) is 7.06. The Hall–Kier alpha value is -1.86. The van der Waals surface area contributed by atoms with E-state index in [2.05, 4.69) is 10.1 Å². The second-order valence-electron chi connectivity index (χ2n) is 4.35. The van der Waals surface area contributed by atoms with E-state index in [1.807, 2.05) is 0 Å². The molecule has 0 saturated carbocycles. The van der Waals surface area contributed by atoms with Crippen LogP contribution in [0.4, 0.5) is 5.69 Å². The van der Waals surface area contributed by atoms with Crippen LogP contribution in [0.25, 0.3) is 0 Å². The van der Waals surface area contributed by atoms with Gasteiger partial charge in [-0.05, 0) is 12.8 Å². The summed E-state index contributed by atoms with van der Waals surface area (Å²) >= 11 is 0. The Labute approximate surface area is 116 Å². The van der Waals surface area contributed by atoms with Crippen molar-refractivity contribution < 1.29 is 28.2 Å². The molecule has 1 saturated heterocycles. The van der Waals surface area contributed by atoms with Gasteiger partial charge in [-0.25, -0.2) is 4.79 Å². The maximum atomic E-state index is 11.7. The number of carbonyl (C=O) groups is 2. The monoisotopic (exact) mass is 283 g/mol. The molecule has 0 aliphatic carbocycles. The topological polar surface area (TPSA) is 87.0 Å². The summed E-state index contributed by atoms with van der Waals surface area (Å²) in [6.07, 6.45) is 3.35. The molecule has 1 aliphatic heterocycles. The van der Waals surface area contributed by atoms with Crippen molar-refractivity contribution >= 4 is 17.6 Å². The van der Waals surface area contributed by atoms with Crippen LogP contribution in [0.15, 0.2) is 16.7 Å². The maximum Gasteiger partial charge on any atom is 0.376 e. The molecule has 0 bridgehead atoms. The Morgan fingerprint density at radius 1 is 1.50 bits per heavy atom. The predicted octanol–water partition coefficient (Wildman–Crippen LogP) is 1.20. The number of hydrogen-bond donors (Lipinski definition) is 1. The number of nitrogens with one attached hydrogen (secondary N) is 1. The number of ether oxygens (including phenoxy) is 3. The zero-order valence-electron chi connectivity index (χ0n) is 11.2. The molecule has 2 rings (SSSR count). The van der Waals surface area contributed by atoms with Gasteiger partial charge in [-0.2, -0.15) is 0 Å². The zero-order valence-corrected chi connectivity index (χ0v) is 11.2. The fraction of sp³-hybridized carbons (Fsp3) is 0.538. The number of methoxy groups -OCH3 is 1. The van der Waals surface area contributed by atoms with Gasteiger partial charge in [0, 0.05) is 12.7 Å². The summed E-state index contributed by atoms with van der Waals surface area (Å²) < 4.78 is 20.1. The lowest BCUT2D eigenvalue weighted by atomic mass is 10.2. The zero-order chi connectivity index (χ0) is 14.4. The summed E-state index contributed by atoms with van der Waals surface area (Å²) in [7, 11) is 1.24. The first kappa shape index (κ1) is 14.5. The van der Waals surface area contributed by atoms with Gasteiger partial charge in [0.2, 0.25) is 11.7 Å². The Bertz CT molecular complexity index is 463. The van der Waals surface area contributed by atoms with Crippen LogP contribution in [-0.2, 0) is 19.0 Å². The van der Waals surface area contributed by atoms with Crippen molar-refractivity contribution in [3.05, 3.63) is 18.1 Å². The number of rotatable bonds is 6. The van der Waals surface area contributed by atoms with Gasteiger partial charge in [0.15, 0.2) is 0 Å². The fourth-order valence-corrected chi connectivity index (χ4v) is 1.90. The molecule has 0 aromatic carbocycles. The van der Waals surface area contributed by atoms with E-state index in [0.717, 1.165) is 19.4 Å². The molecule has 1 unspecified atom stereocenters. The van der Waals surface area contributed by atoms with E-state index < -0.39 is 5.97 Å². The Kier molecular flexibility index (Phi) is 5.14. The Balaban J connectivity index is 1.76. The molecule has 0 spiro atoms. The fourth-order valence-electron chi connectivity index (χ4n) is 1.90. The smallest absolute Gasteiger partial charge is 0.376 e. The molecule has 1 amide bonds. The summed E-state index contributed by atoms with van der Waals surface area (Å²) in [6, 6.07) is 1.48. The van der Waals surface area contributed by atoms with Crippen molar-refractivity contribution in [2.45, 2.75) is 18.9 Å². The highest BCUT2D eigenvalue weighted by atomic mass is 16.5. The van der Waals surface area contributed by atoms with Gasteiger partial charge in [-0.1, -0.05) is 0 Å². The highest BCUT2D eigenvalue weighted by Gasteiger charge is 2.19. The Morgan fingerprint density at radius 2 is 2.35 bits per heavy atom. The molecule has 7 nitrogen and oxygen atoms in total. The number of amides is 1. The lowest BCUT2D eigenvalue weighted by Gasteiger charge is -2.10. The van der Waals surface area contributed by atoms with Crippen LogP contribution in [0.1, 0.15) is 23.4 Å². The summed E-state index contributed by atoms with van der Waals surface area (Å²) in [5.41, 5.74) is 0.266. The molecule has 1 atom stereocenters. The Morgan fingerprint density at radius 3 is 3.05 bits per heavy atom. The van der Waals surface area contributed by atoms with Crippen LogP contribution in [0.5, 0.6) is 0 Å². The number of anilines is 1. The SMILES string of the molecule is COC(=O)c1occc1NC(=O)COCC1CCCO1. The predicted molar refractivity (Wildman–Crippen MR) is 68.5 cm³/mol. The van der Waals surface area contributed by atoms with Gasteiger partial charge in [0.05, 0.1) is 31.8 Å². The molecule has 1 aromatic rings. The highest BCUT2D eigenvalue weighted by Crippen LogP contribution is 2.17. The molecule has 20 heavy (non-hydrogen) atoms. The van der Waals surface area contributed by atoms with E-state index in [1.54, 1.807) is 0 Å². The van der Waals surface area contributed by atoms with E-state index in [0.29, 0.717) is 6.61 Å². The molecular formula is C13H17NO6. The average molecular weight is 283 g/mol. The minimum absolute atomic E-state index is 0.0417. The van der Waals surface area contributed by atoms with Gasteiger partial charge < -0.3 is 23.9 Å². The lowest BCUT2D eigenvalue weighted by Crippen LogP contribution is -2.23. The third-order valence-electron chi connectivity index (χ3n) is 2.87. The summed E-state index contributed by atoms with van der Waals surface area (Å²) in [4.78, 5) is 23.0. The minimum Gasteiger partial charge on any atom is -0.463 e. The molecule has 7 heteroatoms. The van der Waals surface area contributed by atoms with E-state index in [9.17, 15) is 9.59 Å². The van der Waals surface area contributed by atoms with Gasteiger partial charge in [-0.3, -0.25) is 4.79 Å². The molecule has 1 aromatic heterocycles. The van der Waals surface area contributed by atoms with E-state index in [-0.39, 0.29) is 30.1 Å². The summed E-state index contributed by atoms with van der Waals surface area (Å²) in [6.45, 7) is 1.03. The van der Waals surface area contributed by atoms with E-state index in [4.69, 9.17) is 13.9 Å². The van der Waals surface area contributed by atoms with Crippen molar-refractivity contribution in [3.8, 4) is 0 Å². The number of carbonyl (C=O) groups excluding carboxylic acids is 2. The summed E-state index contributed by atoms with van der Waals surface area (Å²) in [5, 5.41) is 2.53. The van der Waals surface area contributed by atoms with E-state index >= 15 is 0 Å². The van der Waals surface area contributed by atoms with Crippen molar-refractivity contribution in [2.75, 3.05) is 32.2 Å². The van der Waals surface area contributed by atoms with Crippen LogP contribution >= 0.6 is 0 Å². The standard InChI is InChI=1S/C13H17NO6/c1-17-13(16)12-10(4-6-20-12)14-11(15)8-18-7-9-3-2-5-19-9/h4,6,9H,2-3,5,7-8H2,1H3,(H,14,15). The van der Waals surface area contributed by atoms with Crippen molar-refractivity contribution in [1.29, 1.82) is 0 Å². The molecule has 110 valence electrons. The largest absolute Gasteiger partial charge is 0.463 e. The first-order valence-electron chi connectivity index (χ1n) is 6.35. The van der Waals surface area contributed by atoms with Crippen molar-refractivity contribution in [2.24, 2.45) is 0 Å². The quantitative estimate of drug-likeness (QED) is 0.789. The summed E-state index contributed by atoms with van der Waals surface area (Å²) in [5.74, 6) is -1.06. The van der Waals surface area contributed by atoms with Crippen molar-refractivity contribution in [3.63, 3.8) is 0 Å². The van der Waals surface area contributed by atoms with Crippen LogP contribution < -0.4 is 5.32 Å². The first-order valence-corrected chi connectivity index (χ1v) is 6.35. The van der Waals surface area contributed by atoms with Gasteiger partial charge in [-0.15, -0.1) is 0 Å². The third-order valence-corrected chi connectivity index (χ3v) is 2.87. The number of esters is 1. The highest BCUT2D eigenvalue weighted by molar-refractivity contribution is 5.99. The second-order valence-corrected chi connectivity index (χ2v) is 4.35. The van der Waals surface area contributed by atoms with E-state index in [1.165, 1.54) is 19.4 Å². The molecule has 2 heterocycles. The lowest BCUT2D eigenvalue weighted by molar-refractivity contribution is -0.121. The average Bonchev–Trinajstić information content (AvgIpc) is 3.09. The maximum absolute atomic E-state index is 11.7. The normalized spacial score (nSPS) is 17.9. The van der Waals surface area contributed by atoms with Crippen molar-refractivity contribution in [1.82, 2.24) is 0 Å². The number of hydrogen-bond acceptors (Lipinski definition) is 6.